The van der Waals surface area contributed by atoms with E-state index >= 15 is 0 Å². The molecule has 16 heavy (non-hydrogen) atoms. The number of rotatable bonds is 5. The van der Waals surface area contributed by atoms with Gasteiger partial charge >= 0.3 is 5.69 Å². The van der Waals surface area contributed by atoms with E-state index < -0.39 is 6.10 Å². The zero-order valence-corrected chi connectivity index (χ0v) is 10.6. The van der Waals surface area contributed by atoms with Crippen molar-refractivity contribution in [1.29, 1.82) is 0 Å². The number of nitrogens with zero attached hydrogens (tertiary/aromatic N) is 2. The summed E-state index contributed by atoms with van der Waals surface area (Å²) in [5, 5.41) is 9.87. The molecule has 92 valence electrons. The monoisotopic (exact) mass is 226 g/mol. The molecule has 0 aliphatic heterocycles. The zero-order chi connectivity index (χ0) is 12.3. The van der Waals surface area contributed by atoms with Crippen molar-refractivity contribution in [2.45, 2.75) is 52.8 Å². The van der Waals surface area contributed by atoms with Gasteiger partial charge in [0.2, 0.25) is 0 Å². The predicted molar refractivity (Wildman–Crippen MR) is 64.5 cm³/mol. The van der Waals surface area contributed by atoms with Crippen LogP contribution in [0.4, 0.5) is 0 Å². The smallest absolute Gasteiger partial charge is 0.328 e. The summed E-state index contributed by atoms with van der Waals surface area (Å²) in [5.74, 6) is 0.217. The van der Waals surface area contributed by atoms with Gasteiger partial charge in [0, 0.05) is 18.4 Å². The van der Waals surface area contributed by atoms with Crippen LogP contribution in [0.1, 0.15) is 40.2 Å². The molecule has 2 unspecified atom stereocenters. The van der Waals surface area contributed by atoms with Gasteiger partial charge in [0.25, 0.3) is 0 Å². The van der Waals surface area contributed by atoms with E-state index in [4.69, 9.17) is 0 Å². The second-order valence-corrected chi connectivity index (χ2v) is 4.69. The van der Waals surface area contributed by atoms with Crippen LogP contribution in [-0.2, 0) is 6.54 Å². The highest BCUT2D eigenvalue weighted by Crippen LogP contribution is 2.09. The van der Waals surface area contributed by atoms with Gasteiger partial charge in [-0.05, 0) is 19.8 Å². The van der Waals surface area contributed by atoms with Crippen molar-refractivity contribution in [1.82, 2.24) is 9.13 Å². The molecule has 1 aromatic heterocycles. The maximum Gasteiger partial charge on any atom is 0.328 e. The lowest BCUT2D eigenvalue weighted by atomic mass is 10.0. The Balaban J connectivity index is 2.79. The molecule has 4 nitrogen and oxygen atoms in total. The molecule has 2 atom stereocenters. The Morgan fingerprint density at radius 2 is 1.94 bits per heavy atom. The lowest BCUT2D eigenvalue weighted by molar-refractivity contribution is 0.0953. The molecule has 0 fully saturated rings. The first-order valence-corrected chi connectivity index (χ1v) is 5.92. The first-order valence-electron chi connectivity index (χ1n) is 5.92. The standard InChI is InChI=1S/C12H22N2O2/c1-5-10(4)11(15)8-13-6-7-14(9(2)3)12(13)16/h6-7,9-11,15H,5,8H2,1-4H3. The van der Waals surface area contributed by atoms with Gasteiger partial charge in [0.05, 0.1) is 12.6 Å². The number of hydrogen-bond acceptors (Lipinski definition) is 2. The first-order chi connectivity index (χ1) is 7.47. The third kappa shape index (κ3) is 2.76. The zero-order valence-electron chi connectivity index (χ0n) is 10.6. The Bertz CT molecular complexity index is 379. The highest BCUT2D eigenvalue weighted by atomic mass is 16.3. The lowest BCUT2D eigenvalue weighted by Gasteiger charge is -2.17. The number of imidazole rings is 1. The third-order valence-corrected chi connectivity index (χ3v) is 3.11. The molecule has 0 radical (unpaired) electrons. The number of aromatic nitrogens is 2. The van der Waals surface area contributed by atoms with Crippen molar-refractivity contribution < 1.29 is 5.11 Å². The van der Waals surface area contributed by atoms with Crippen molar-refractivity contribution in [3.8, 4) is 0 Å². The Labute approximate surface area is 96.5 Å². The van der Waals surface area contributed by atoms with Gasteiger partial charge in [-0.3, -0.25) is 9.13 Å². The molecular formula is C12H22N2O2. The lowest BCUT2D eigenvalue weighted by Crippen LogP contribution is -2.31. The van der Waals surface area contributed by atoms with E-state index in [1.807, 2.05) is 27.7 Å². The second-order valence-electron chi connectivity index (χ2n) is 4.69. The van der Waals surface area contributed by atoms with Crippen LogP contribution in [-0.4, -0.2) is 20.3 Å². The Morgan fingerprint density at radius 3 is 2.38 bits per heavy atom. The summed E-state index contributed by atoms with van der Waals surface area (Å²) >= 11 is 0. The fraction of sp³-hybridized carbons (Fsp3) is 0.750. The molecule has 1 rings (SSSR count). The maximum atomic E-state index is 11.9. The quantitative estimate of drug-likeness (QED) is 0.829. The molecule has 1 N–H and O–H groups in total. The molecule has 0 aromatic carbocycles. The number of hydrogen-bond donors (Lipinski definition) is 1. The highest BCUT2D eigenvalue weighted by molar-refractivity contribution is 4.84. The number of aliphatic hydroxyl groups is 1. The van der Waals surface area contributed by atoms with Gasteiger partial charge < -0.3 is 5.11 Å². The molecule has 0 aliphatic rings. The van der Waals surface area contributed by atoms with Crippen molar-refractivity contribution in [2.75, 3.05) is 0 Å². The molecule has 0 aliphatic carbocycles. The summed E-state index contributed by atoms with van der Waals surface area (Å²) in [6.07, 6.45) is 3.98. The van der Waals surface area contributed by atoms with Crippen molar-refractivity contribution in [3.63, 3.8) is 0 Å². The van der Waals surface area contributed by atoms with Crippen molar-refractivity contribution in [3.05, 3.63) is 22.9 Å². The van der Waals surface area contributed by atoms with Crippen LogP contribution in [0.5, 0.6) is 0 Å². The Kier molecular flexibility index (Phi) is 4.35. The van der Waals surface area contributed by atoms with Gasteiger partial charge in [-0.2, -0.15) is 0 Å². The van der Waals surface area contributed by atoms with E-state index in [0.29, 0.717) is 6.54 Å². The number of aliphatic hydroxyl groups excluding tert-OH is 1. The van der Waals surface area contributed by atoms with Crippen molar-refractivity contribution >= 4 is 0 Å². The Morgan fingerprint density at radius 1 is 1.31 bits per heavy atom. The van der Waals surface area contributed by atoms with Crippen molar-refractivity contribution in [2.24, 2.45) is 5.92 Å². The highest BCUT2D eigenvalue weighted by Gasteiger charge is 2.15. The average molecular weight is 226 g/mol. The molecule has 0 saturated heterocycles. The molecule has 0 spiro atoms. The third-order valence-electron chi connectivity index (χ3n) is 3.11. The van der Waals surface area contributed by atoms with Gasteiger partial charge in [-0.15, -0.1) is 0 Å². The SMILES string of the molecule is CCC(C)C(O)Cn1ccn(C(C)C)c1=O. The van der Waals surface area contributed by atoms with Gasteiger partial charge in [0.1, 0.15) is 0 Å². The second kappa shape index (κ2) is 5.34. The summed E-state index contributed by atoms with van der Waals surface area (Å²) in [5.41, 5.74) is -0.0441. The van der Waals surface area contributed by atoms with Gasteiger partial charge in [-0.25, -0.2) is 4.79 Å². The fourth-order valence-corrected chi connectivity index (χ4v) is 1.61. The van der Waals surface area contributed by atoms with E-state index in [9.17, 15) is 9.90 Å². The minimum atomic E-state index is -0.453. The van der Waals surface area contributed by atoms with Gasteiger partial charge in [-0.1, -0.05) is 20.3 Å². The van der Waals surface area contributed by atoms with E-state index in [0.717, 1.165) is 6.42 Å². The normalized spacial score (nSPS) is 15.4. The molecule has 4 heteroatoms. The largest absolute Gasteiger partial charge is 0.391 e. The van der Waals surface area contributed by atoms with Crippen LogP contribution < -0.4 is 5.69 Å². The predicted octanol–water partition coefficient (Wildman–Crippen LogP) is 1.64. The molecule has 0 amide bonds. The fourth-order valence-electron chi connectivity index (χ4n) is 1.61. The summed E-state index contributed by atoms with van der Waals surface area (Å²) in [6.45, 7) is 8.35. The summed E-state index contributed by atoms with van der Waals surface area (Å²) < 4.78 is 3.25. The Hall–Kier alpha value is -1.03. The molecule has 0 bridgehead atoms. The first kappa shape index (κ1) is 13.0. The van der Waals surface area contributed by atoms with Crippen LogP contribution in [0.25, 0.3) is 0 Å². The van der Waals surface area contributed by atoms with E-state index in [1.165, 1.54) is 0 Å². The van der Waals surface area contributed by atoms with Crippen LogP contribution in [0.3, 0.4) is 0 Å². The van der Waals surface area contributed by atoms with E-state index in [2.05, 4.69) is 0 Å². The topological polar surface area (TPSA) is 47.2 Å². The minimum absolute atomic E-state index is 0.0441. The van der Waals surface area contributed by atoms with E-state index in [1.54, 1.807) is 21.5 Å². The van der Waals surface area contributed by atoms with Crippen LogP contribution >= 0.6 is 0 Å². The van der Waals surface area contributed by atoms with E-state index in [-0.39, 0.29) is 17.6 Å². The van der Waals surface area contributed by atoms with Crippen LogP contribution in [0, 0.1) is 5.92 Å². The summed E-state index contributed by atoms with van der Waals surface area (Å²) in [6, 6.07) is 0.162. The molecular weight excluding hydrogens is 204 g/mol. The summed E-state index contributed by atoms with van der Waals surface area (Å²) in [7, 11) is 0. The van der Waals surface area contributed by atoms with Gasteiger partial charge in [0.15, 0.2) is 0 Å². The summed E-state index contributed by atoms with van der Waals surface area (Å²) in [4.78, 5) is 11.9. The maximum absolute atomic E-state index is 11.9. The minimum Gasteiger partial charge on any atom is -0.391 e. The van der Waals surface area contributed by atoms with Crippen LogP contribution in [0.2, 0.25) is 0 Å². The molecule has 1 heterocycles. The average Bonchev–Trinajstić information content (AvgIpc) is 2.59. The molecule has 1 aromatic rings. The van der Waals surface area contributed by atoms with Crippen LogP contribution in [0.15, 0.2) is 17.2 Å². The molecule has 0 saturated carbocycles.